The zero-order valence-corrected chi connectivity index (χ0v) is 16.5. The van der Waals surface area contributed by atoms with Crippen molar-refractivity contribution in [1.29, 1.82) is 0 Å². The quantitative estimate of drug-likeness (QED) is 0.675. The van der Waals surface area contributed by atoms with Crippen molar-refractivity contribution in [2.24, 2.45) is 0 Å². The highest BCUT2D eigenvalue weighted by atomic mass is 35.5. The van der Waals surface area contributed by atoms with E-state index in [1.54, 1.807) is 18.3 Å². The number of pyridine rings is 1. The van der Waals surface area contributed by atoms with Gasteiger partial charge in [0.1, 0.15) is 17.1 Å². The summed E-state index contributed by atoms with van der Waals surface area (Å²) >= 11 is 6.36. The number of carbonyl (C=O) groups excluding carboxylic acids is 1. The van der Waals surface area contributed by atoms with Crippen LogP contribution < -0.4 is 5.32 Å². The Labute approximate surface area is 173 Å². The first-order valence-corrected chi connectivity index (χ1v) is 9.93. The molecule has 0 aliphatic carbocycles. The number of phenolic OH excluding ortho intramolecular Hbond substituents is 1. The number of piperidine rings is 1. The summed E-state index contributed by atoms with van der Waals surface area (Å²) in [5.74, 6) is -0.382. The van der Waals surface area contributed by atoms with E-state index < -0.39 is 0 Å². The molecule has 0 atom stereocenters. The largest absolute Gasteiger partial charge is 0.505 e. The lowest BCUT2D eigenvalue weighted by molar-refractivity contribution is 0.0909. The Bertz CT molecular complexity index is 1030. The van der Waals surface area contributed by atoms with Crippen LogP contribution in [-0.4, -0.2) is 40.0 Å². The molecule has 150 valence electrons. The van der Waals surface area contributed by atoms with E-state index >= 15 is 0 Å². The van der Waals surface area contributed by atoms with Crippen molar-refractivity contribution < 1.29 is 14.3 Å². The molecule has 1 saturated heterocycles. The van der Waals surface area contributed by atoms with E-state index in [-0.39, 0.29) is 23.5 Å². The van der Waals surface area contributed by atoms with Crippen molar-refractivity contribution in [2.45, 2.75) is 25.4 Å². The first-order valence-electron chi connectivity index (χ1n) is 9.55. The highest BCUT2D eigenvalue weighted by molar-refractivity contribution is 6.35. The van der Waals surface area contributed by atoms with E-state index in [2.05, 4.69) is 15.2 Å². The van der Waals surface area contributed by atoms with Crippen LogP contribution in [0.15, 0.2) is 48.7 Å². The number of amides is 1. The van der Waals surface area contributed by atoms with Crippen molar-refractivity contribution in [2.75, 3.05) is 13.1 Å². The second-order valence-corrected chi connectivity index (χ2v) is 7.70. The number of likely N-dealkylation sites (tertiary alicyclic amines) is 1. The van der Waals surface area contributed by atoms with Gasteiger partial charge < -0.3 is 10.4 Å². The minimum Gasteiger partial charge on any atom is -0.505 e. The summed E-state index contributed by atoms with van der Waals surface area (Å²) in [6.45, 7) is 2.13. The Morgan fingerprint density at radius 3 is 2.69 bits per heavy atom. The van der Waals surface area contributed by atoms with Crippen LogP contribution in [0.5, 0.6) is 5.75 Å². The number of rotatable bonds is 4. The molecule has 2 heterocycles. The van der Waals surface area contributed by atoms with E-state index in [1.165, 1.54) is 24.3 Å². The number of benzene rings is 2. The van der Waals surface area contributed by atoms with E-state index in [0.717, 1.165) is 36.9 Å². The predicted molar refractivity (Wildman–Crippen MR) is 111 cm³/mol. The number of carbonyl (C=O) groups is 1. The molecule has 0 spiro atoms. The van der Waals surface area contributed by atoms with Crippen LogP contribution in [0.25, 0.3) is 10.9 Å². The fourth-order valence-corrected chi connectivity index (χ4v) is 3.99. The van der Waals surface area contributed by atoms with Gasteiger partial charge >= 0.3 is 0 Å². The minimum atomic E-state index is -0.359. The molecule has 5 nitrogen and oxygen atoms in total. The third-order valence-electron chi connectivity index (χ3n) is 5.32. The van der Waals surface area contributed by atoms with Crippen LogP contribution in [0.1, 0.15) is 28.8 Å². The highest BCUT2D eigenvalue weighted by Crippen LogP contribution is 2.33. The minimum absolute atomic E-state index is 0.0688. The van der Waals surface area contributed by atoms with Crippen LogP contribution in [0, 0.1) is 5.82 Å². The molecule has 4 rings (SSSR count). The van der Waals surface area contributed by atoms with Crippen LogP contribution >= 0.6 is 11.6 Å². The molecule has 2 aromatic carbocycles. The molecule has 0 unspecified atom stereocenters. The van der Waals surface area contributed by atoms with Gasteiger partial charge in [-0.15, -0.1) is 0 Å². The molecule has 7 heteroatoms. The van der Waals surface area contributed by atoms with Gasteiger partial charge in [-0.2, -0.15) is 0 Å². The van der Waals surface area contributed by atoms with Gasteiger partial charge in [0, 0.05) is 48.4 Å². The molecular weight excluding hydrogens is 393 g/mol. The molecule has 1 aromatic heterocycles. The number of halogens is 2. The molecule has 1 fully saturated rings. The topological polar surface area (TPSA) is 65.5 Å². The summed E-state index contributed by atoms with van der Waals surface area (Å²) < 4.78 is 13.0. The molecular formula is C22H21ClFN3O2. The van der Waals surface area contributed by atoms with Crippen molar-refractivity contribution in [3.63, 3.8) is 0 Å². The fourth-order valence-electron chi connectivity index (χ4n) is 3.70. The van der Waals surface area contributed by atoms with Gasteiger partial charge in [0.2, 0.25) is 0 Å². The van der Waals surface area contributed by atoms with Crippen LogP contribution in [0.3, 0.4) is 0 Å². The number of aromatic nitrogens is 1. The summed E-state index contributed by atoms with van der Waals surface area (Å²) in [5.41, 5.74) is 1.71. The Balaban J connectivity index is 1.37. The Morgan fingerprint density at radius 1 is 1.24 bits per heavy atom. The molecule has 0 bridgehead atoms. The molecule has 1 aliphatic rings. The Hall–Kier alpha value is -2.70. The third-order valence-corrected chi connectivity index (χ3v) is 5.63. The molecule has 1 aliphatic heterocycles. The third kappa shape index (κ3) is 4.33. The predicted octanol–water partition coefficient (Wildman–Crippen LogP) is 4.13. The van der Waals surface area contributed by atoms with Crippen LogP contribution in [0.4, 0.5) is 4.39 Å². The summed E-state index contributed by atoms with van der Waals surface area (Å²) in [6.07, 6.45) is 3.23. The molecule has 0 saturated carbocycles. The highest BCUT2D eigenvalue weighted by Gasteiger charge is 2.22. The van der Waals surface area contributed by atoms with Crippen molar-refractivity contribution in [1.82, 2.24) is 15.2 Å². The summed E-state index contributed by atoms with van der Waals surface area (Å²) in [6, 6.07) is 11.0. The Kier molecular flexibility index (Phi) is 5.65. The fraction of sp³-hybridized carbons (Fsp3) is 0.273. The zero-order valence-electron chi connectivity index (χ0n) is 15.7. The van der Waals surface area contributed by atoms with E-state index in [1.807, 2.05) is 6.07 Å². The molecule has 29 heavy (non-hydrogen) atoms. The van der Waals surface area contributed by atoms with Gasteiger partial charge in [-0.3, -0.25) is 14.7 Å². The van der Waals surface area contributed by atoms with Crippen LogP contribution in [-0.2, 0) is 6.54 Å². The lowest BCUT2D eigenvalue weighted by atomic mass is 10.0. The van der Waals surface area contributed by atoms with E-state index in [9.17, 15) is 14.3 Å². The first-order chi connectivity index (χ1) is 14.0. The number of hydrogen-bond donors (Lipinski definition) is 2. The van der Waals surface area contributed by atoms with Crippen molar-refractivity contribution in [3.8, 4) is 5.75 Å². The maximum absolute atomic E-state index is 13.0. The number of nitrogens with zero attached hydrogens (tertiary/aromatic N) is 2. The SMILES string of the molecule is O=C(NC1CCN(Cc2cc(Cl)c3cccnc3c2O)CC1)c1ccc(F)cc1. The van der Waals surface area contributed by atoms with E-state index in [4.69, 9.17) is 11.6 Å². The lowest BCUT2D eigenvalue weighted by Gasteiger charge is -2.32. The number of fused-ring (bicyclic) bond motifs is 1. The molecule has 1 amide bonds. The normalized spacial score (nSPS) is 15.5. The maximum atomic E-state index is 13.0. The average molecular weight is 414 g/mol. The second-order valence-electron chi connectivity index (χ2n) is 7.30. The number of hydrogen-bond acceptors (Lipinski definition) is 4. The number of nitrogens with one attached hydrogen (secondary N) is 1. The van der Waals surface area contributed by atoms with Gasteiger partial charge in [0.15, 0.2) is 0 Å². The van der Waals surface area contributed by atoms with Crippen LogP contribution in [0.2, 0.25) is 5.02 Å². The Morgan fingerprint density at radius 2 is 1.97 bits per heavy atom. The van der Waals surface area contributed by atoms with E-state index in [0.29, 0.717) is 22.6 Å². The molecule has 0 radical (unpaired) electrons. The lowest BCUT2D eigenvalue weighted by Crippen LogP contribution is -2.44. The smallest absolute Gasteiger partial charge is 0.251 e. The zero-order chi connectivity index (χ0) is 20.4. The maximum Gasteiger partial charge on any atom is 0.251 e. The number of phenols is 1. The second kappa shape index (κ2) is 8.35. The molecule has 3 aromatic rings. The summed E-state index contributed by atoms with van der Waals surface area (Å²) in [4.78, 5) is 18.8. The van der Waals surface area contributed by atoms with Gasteiger partial charge in [-0.25, -0.2) is 4.39 Å². The first kappa shape index (κ1) is 19.6. The summed E-state index contributed by atoms with van der Waals surface area (Å²) in [7, 11) is 0. The number of aromatic hydroxyl groups is 1. The standard InChI is InChI=1S/C22H21ClFN3O2/c23-19-12-15(21(28)20-18(19)2-1-9-25-20)13-27-10-7-17(8-11-27)26-22(29)14-3-5-16(24)6-4-14/h1-6,9,12,17,28H,7-8,10-11,13H2,(H,26,29). The van der Waals surface area contributed by atoms with Gasteiger partial charge in [-0.05, 0) is 55.3 Å². The average Bonchev–Trinajstić information content (AvgIpc) is 2.73. The summed E-state index contributed by atoms with van der Waals surface area (Å²) in [5, 5.41) is 14.9. The van der Waals surface area contributed by atoms with Gasteiger partial charge in [-0.1, -0.05) is 11.6 Å². The van der Waals surface area contributed by atoms with Crippen molar-refractivity contribution in [3.05, 3.63) is 70.6 Å². The van der Waals surface area contributed by atoms with Crippen molar-refractivity contribution >= 4 is 28.4 Å². The van der Waals surface area contributed by atoms with Gasteiger partial charge in [0.05, 0.1) is 5.02 Å². The monoisotopic (exact) mass is 413 g/mol. The van der Waals surface area contributed by atoms with Gasteiger partial charge in [0.25, 0.3) is 5.91 Å². The molecule has 2 N–H and O–H groups in total.